The number of carbonyl (C=O) groups is 2. The predicted octanol–water partition coefficient (Wildman–Crippen LogP) is 3.42. The van der Waals surface area contributed by atoms with Gasteiger partial charge in [0.2, 0.25) is 5.88 Å². The van der Waals surface area contributed by atoms with Gasteiger partial charge in [-0.05, 0) is 31.1 Å². The second-order valence-corrected chi connectivity index (χ2v) is 7.09. The Labute approximate surface area is 163 Å². The van der Waals surface area contributed by atoms with Gasteiger partial charge in [0.25, 0.3) is 5.56 Å². The molecule has 0 unspecified atom stereocenters. The van der Waals surface area contributed by atoms with Crippen molar-refractivity contribution < 1.29 is 19.4 Å². The summed E-state index contributed by atoms with van der Waals surface area (Å²) in [6.07, 6.45) is 3.01. The number of aromatic amines is 2. The maximum absolute atomic E-state index is 12.6. The van der Waals surface area contributed by atoms with Gasteiger partial charge in [0.15, 0.2) is 10.6 Å². The van der Waals surface area contributed by atoms with Gasteiger partial charge in [-0.25, -0.2) is 9.79 Å². The Kier molecular flexibility index (Phi) is 6.81. The molecular weight excluding hydrogens is 390 g/mol. The molecule has 27 heavy (non-hydrogen) atoms. The lowest BCUT2D eigenvalue weighted by atomic mass is 10.0. The summed E-state index contributed by atoms with van der Waals surface area (Å²) < 4.78 is 4.73. The van der Waals surface area contributed by atoms with Crippen LogP contribution in [0, 0.1) is 11.7 Å². The standard InChI is InChI=1S/C17H19N3O5S2/c1-4-5-6-10(21)11-8(2)12(16(24)25-3)27-15(11)18-7-9-13(22)19-17(26)20-14(9)23/h7H,4-6H2,1-3H3,(H3,19,20,22,23,26). The zero-order valence-corrected chi connectivity index (χ0v) is 16.7. The van der Waals surface area contributed by atoms with Crippen molar-refractivity contribution in [3.63, 3.8) is 0 Å². The average molecular weight is 409 g/mol. The topological polar surface area (TPSA) is 125 Å². The number of unbranched alkanes of at least 4 members (excludes halogenated alkanes) is 1. The Hall–Kier alpha value is -2.59. The molecule has 0 saturated heterocycles. The van der Waals surface area contributed by atoms with Crippen LogP contribution in [0.3, 0.4) is 0 Å². The van der Waals surface area contributed by atoms with E-state index in [2.05, 4.69) is 15.0 Å². The van der Waals surface area contributed by atoms with Gasteiger partial charge in [0.05, 0.1) is 12.7 Å². The van der Waals surface area contributed by atoms with Crippen molar-refractivity contribution in [3.8, 4) is 5.88 Å². The zero-order valence-electron chi connectivity index (χ0n) is 15.0. The number of aromatic hydroxyl groups is 1. The fourth-order valence-corrected chi connectivity index (χ4v) is 3.67. The van der Waals surface area contributed by atoms with Crippen LogP contribution in [0.1, 0.15) is 57.3 Å². The van der Waals surface area contributed by atoms with Crippen molar-refractivity contribution in [2.45, 2.75) is 33.1 Å². The Bertz CT molecular complexity index is 1020. The number of hydrogen-bond donors (Lipinski definition) is 3. The molecule has 0 aliphatic carbocycles. The Balaban J connectivity index is 2.55. The van der Waals surface area contributed by atoms with Gasteiger partial charge in [-0.2, -0.15) is 0 Å². The van der Waals surface area contributed by atoms with Gasteiger partial charge >= 0.3 is 5.97 Å². The number of ether oxygens (including phenoxy) is 1. The number of H-pyrrole nitrogens is 2. The summed E-state index contributed by atoms with van der Waals surface area (Å²) in [5, 5.41) is 10.1. The number of methoxy groups -OCH3 is 1. The minimum atomic E-state index is -0.625. The molecular formula is C17H19N3O5S2. The summed E-state index contributed by atoms with van der Waals surface area (Å²) in [5.74, 6) is -1.14. The van der Waals surface area contributed by atoms with Gasteiger partial charge in [0.1, 0.15) is 15.4 Å². The molecule has 0 atom stereocenters. The van der Waals surface area contributed by atoms with Gasteiger partial charge in [-0.3, -0.25) is 14.6 Å². The first-order chi connectivity index (χ1) is 12.8. The van der Waals surface area contributed by atoms with Crippen LogP contribution in [0.4, 0.5) is 5.00 Å². The van der Waals surface area contributed by atoms with Crippen LogP contribution in [-0.2, 0) is 4.74 Å². The second kappa shape index (κ2) is 8.87. The monoisotopic (exact) mass is 409 g/mol. The summed E-state index contributed by atoms with van der Waals surface area (Å²) >= 11 is 5.77. The van der Waals surface area contributed by atoms with E-state index in [-0.39, 0.29) is 26.0 Å². The largest absolute Gasteiger partial charge is 0.494 e. The third-order valence-electron chi connectivity index (χ3n) is 3.80. The first-order valence-electron chi connectivity index (χ1n) is 8.14. The van der Waals surface area contributed by atoms with Crippen molar-refractivity contribution in [2.75, 3.05) is 7.11 Å². The van der Waals surface area contributed by atoms with Crippen molar-refractivity contribution in [3.05, 3.63) is 36.7 Å². The SMILES string of the molecule is CCCCC(=O)c1c(N=Cc2c(O)[nH]c(=S)[nH]c2=O)sc(C(=O)OC)c1C. The molecule has 3 N–H and O–H groups in total. The predicted molar refractivity (Wildman–Crippen MR) is 105 cm³/mol. The zero-order chi connectivity index (χ0) is 20.1. The first-order valence-corrected chi connectivity index (χ1v) is 9.37. The molecule has 0 saturated carbocycles. The first kappa shape index (κ1) is 20.7. The van der Waals surface area contributed by atoms with Crippen LogP contribution in [0.2, 0.25) is 0 Å². The van der Waals surface area contributed by atoms with E-state index in [0.29, 0.717) is 24.0 Å². The Morgan fingerprint density at radius 3 is 2.67 bits per heavy atom. The molecule has 0 bridgehead atoms. The lowest BCUT2D eigenvalue weighted by molar-refractivity contribution is 0.0605. The summed E-state index contributed by atoms with van der Waals surface area (Å²) in [6.45, 7) is 3.63. The maximum atomic E-state index is 12.6. The summed E-state index contributed by atoms with van der Waals surface area (Å²) in [5.41, 5.74) is 0.0529. The Morgan fingerprint density at radius 1 is 1.37 bits per heavy atom. The van der Waals surface area contributed by atoms with Crippen LogP contribution in [0.25, 0.3) is 0 Å². The van der Waals surface area contributed by atoms with Gasteiger partial charge < -0.3 is 14.8 Å². The van der Waals surface area contributed by atoms with Crippen LogP contribution in [0.5, 0.6) is 5.88 Å². The number of thiophene rings is 1. The molecule has 8 nitrogen and oxygen atoms in total. The number of rotatable bonds is 7. The lowest BCUT2D eigenvalue weighted by Crippen LogP contribution is -2.13. The van der Waals surface area contributed by atoms with E-state index >= 15 is 0 Å². The van der Waals surface area contributed by atoms with Crippen molar-refractivity contribution in [1.29, 1.82) is 0 Å². The highest BCUT2D eigenvalue weighted by atomic mass is 32.1. The fourth-order valence-electron chi connectivity index (χ4n) is 2.39. The Morgan fingerprint density at radius 2 is 2.07 bits per heavy atom. The highest BCUT2D eigenvalue weighted by Gasteiger charge is 2.24. The molecule has 2 heterocycles. The quantitative estimate of drug-likeness (QED) is 0.278. The molecule has 0 aliphatic heterocycles. The minimum Gasteiger partial charge on any atom is -0.494 e. The molecule has 2 aromatic heterocycles. The molecule has 0 spiro atoms. The van der Waals surface area contributed by atoms with E-state index in [1.54, 1.807) is 6.92 Å². The van der Waals surface area contributed by atoms with Crippen LogP contribution < -0.4 is 5.56 Å². The number of nitrogens with one attached hydrogen (secondary N) is 2. The second-order valence-electron chi connectivity index (χ2n) is 5.68. The molecule has 0 radical (unpaired) electrons. The van der Waals surface area contributed by atoms with Gasteiger partial charge in [-0.15, -0.1) is 11.3 Å². The number of ketones is 1. The number of carbonyl (C=O) groups excluding carboxylic acids is 2. The van der Waals surface area contributed by atoms with Crippen LogP contribution >= 0.6 is 23.6 Å². The fraction of sp³-hybridized carbons (Fsp3) is 0.353. The number of hydrogen-bond acceptors (Lipinski definition) is 8. The van der Waals surface area contributed by atoms with E-state index < -0.39 is 17.4 Å². The molecule has 2 rings (SSSR count). The summed E-state index contributed by atoms with van der Waals surface area (Å²) in [4.78, 5) is 45.7. The third-order valence-corrected chi connectivity index (χ3v) is 5.19. The number of Topliss-reactive ketones (excluding diaryl/α,β-unsaturated/α-hetero) is 1. The molecule has 0 fully saturated rings. The third kappa shape index (κ3) is 4.58. The van der Waals surface area contributed by atoms with Crippen LogP contribution in [-0.4, -0.2) is 40.2 Å². The minimum absolute atomic E-state index is 0.0231. The van der Waals surface area contributed by atoms with E-state index in [0.717, 1.165) is 24.0 Å². The number of aliphatic imine (C=N–C) groups is 1. The number of aromatic nitrogens is 2. The van der Waals surface area contributed by atoms with Crippen molar-refractivity contribution in [1.82, 2.24) is 9.97 Å². The average Bonchev–Trinajstić information content (AvgIpc) is 2.94. The summed E-state index contributed by atoms with van der Waals surface area (Å²) in [6, 6.07) is 0. The van der Waals surface area contributed by atoms with Gasteiger partial charge in [0, 0.05) is 12.6 Å². The van der Waals surface area contributed by atoms with E-state index in [4.69, 9.17) is 17.0 Å². The normalized spacial score (nSPS) is 11.1. The maximum Gasteiger partial charge on any atom is 0.348 e. The number of nitrogens with zero attached hydrogens (tertiary/aromatic N) is 1. The molecule has 10 heteroatoms. The molecule has 0 aromatic carbocycles. The van der Waals surface area contributed by atoms with Crippen molar-refractivity contribution >= 4 is 46.5 Å². The van der Waals surface area contributed by atoms with E-state index in [1.165, 1.54) is 7.11 Å². The van der Waals surface area contributed by atoms with Gasteiger partial charge in [-0.1, -0.05) is 13.3 Å². The summed E-state index contributed by atoms with van der Waals surface area (Å²) in [7, 11) is 1.26. The lowest BCUT2D eigenvalue weighted by Gasteiger charge is -2.02. The molecule has 0 amide bonds. The highest BCUT2D eigenvalue weighted by Crippen LogP contribution is 2.37. The smallest absolute Gasteiger partial charge is 0.348 e. The van der Waals surface area contributed by atoms with Crippen molar-refractivity contribution in [2.24, 2.45) is 4.99 Å². The molecule has 144 valence electrons. The van der Waals surface area contributed by atoms with Crippen LogP contribution in [0.15, 0.2) is 9.79 Å². The van der Waals surface area contributed by atoms with E-state index in [1.807, 2.05) is 6.92 Å². The molecule has 0 aliphatic rings. The highest BCUT2D eigenvalue weighted by molar-refractivity contribution is 7.71. The number of esters is 1. The molecule has 2 aromatic rings. The van der Waals surface area contributed by atoms with E-state index in [9.17, 15) is 19.5 Å².